The highest BCUT2D eigenvalue weighted by Crippen LogP contribution is 2.25. The van der Waals surface area contributed by atoms with Gasteiger partial charge in [0.1, 0.15) is 17.3 Å². The van der Waals surface area contributed by atoms with E-state index in [1.807, 2.05) is 0 Å². The number of aromatic nitrogens is 1. The Labute approximate surface area is 142 Å². The quantitative estimate of drug-likeness (QED) is 0.681. The molecule has 1 aromatic heterocycles. The standard InChI is InChI=1S/C19H15F2NO3/c1-3-25-19(24)16-11(2)22(17-14(20)9-6-10-15(17)21)18(23)13-8-5-4-7-12(13)16/h4-10H,3H2,1-2H3. The molecule has 0 amide bonds. The average Bonchev–Trinajstić information content (AvgIpc) is 2.58. The van der Waals surface area contributed by atoms with Crippen molar-refractivity contribution in [3.63, 3.8) is 0 Å². The van der Waals surface area contributed by atoms with Gasteiger partial charge in [0.15, 0.2) is 0 Å². The number of para-hydroxylation sites is 1. The molecule has 0 saturated carbocycles. The van der Waals surface area contributed by atoms with Crippen LogP contribution in [0.4, 0.5) is 8.78 Å². The number of hydrogen-bond donors (Lipinski definition) is 0. The smallest absolute Gasteiger partial charge is 0.340 e. The Kier molecular flexibility index (Phi) is 4.35. The highest BCUT2D eigenvalue weighted by molar-refractivity contribution is 6.05. The Hall–Kier alpha value is -3.02. The van der Waals surface area contributed by atoms with Crippen LogP contribution in [0.25, 0.3) is 16.5 Å². The van der Waals surface area contributed by atoms with E-state index in [1.54, 1.807) is 25.1 Å². The first-order valence-electron chi connectivity index (χ1n) is 7.73. The molecule has 4 nitrogen and oxygen atoms in total. The molecule has 0 aliphatic carbocycles. The van der Waals surface area contributed by atoms with E-state index in [1.165, 1.54) is 19.1 Å². The van der Waals surface area contributed by atoms with Crippen LogP contribution in [0.3, 0.4) is 0 Å². The number of halogens is 2. The summed E-state index contributed by atoms with van der Waals surface area (Å²) in [5, 5.41) is 0.565. The number of carbonyl (C=O) groups excluding carboxylic acids is 1. The lowest BCUT2D eigenvalue weighted by Gasteiger charge is -2.17. The van der Waals surface area contributed by atoms with Gasteiger partial charge in [0.05, 0.1) is 12.2 Å². The Bertz CT molecular complexity index is 1020. The van der Waals surface area contributed by atoms with Gasteiger partial charge in [-0.15, -0.1) is 0 Å². The monoisotopic (exact) mass is 343 g/mol. The molecule has 0 fully saturated rings. The van der Waals surface area contributed by atoms with Crippen molar-refractivity contribution in [2.24, 2.45) is 0 Å². The van der Waals surface area contributed by atoms with Gasteiger partial charge >= 0.3 is 5.97 Å². The molecule has 3 rings (SSSR count). The second kappa shape index (κ2) is 6.47. The Balaban J connectivity index is 2.49. The van der Waals surface area contributed by atoms with Gasteiger partial charge in [-0.1, -0.05) is 24.3 Å². The SMILES string of the molecule is CCOC(=O)c1c(C)n(-c2c(F)cccc2F)c(=O)c2ccccc12. The molecule has 25 heavy (non-hydrogen) atoms. The van der Waals surface area contributed by atoms with Gasteiger partial charge in [-0.25, -0.2) is 13.6 Å². The first-order valence-corrected chi connectivity index (χ1v) is 7.73. The lowest BCUT2D eigenvalue weighted by Crippen LogP contribution is -2.26. The molecule has 0 unspecified atom stereocenters. The number of benzene rings is 2. The van der Waals surface area contributed by atoms with Crippen molar-refractivity contribution in [2.45, 2.75) is 13.8 Å². The molecule has 0 atom stereocenters. The molecule has 0 spiro atoms. The normalized spacial score (nSPS) is 10.9. The summed E-state index contributed by atoms with van der Waals surface area (Å²) >= 11 is 0. The van der Waals surface area contributed by atoms with Crippen molar-refractivity contribution in [1.82, 2.24) is 4.57 Å². The van der Waals surface area contributed by atoms with Crippen LogP contribution in [0.15, 0.2) is 47.3 Å². The highest BCUT2D eigenvalue weighted by Gasteiger charge is 2.23. The minimum absolute atomic E-state index is 0.111. The summed E-state index contributed by atoms with van der Waals surface area (Å²) in [5.74, 6) is -2.44. The zero-order chi connectivity index (χ0) is 18.1. The summed E-state index contributed by atoms with van der Waals surface area (Å²) < 4.78 is 34.5. The van der Waals surface area contributed by atoms with E-state index in [0.717, 1.165) is 16.7 Å². The van der Waals surface area contributed by atoms with Crippen LogP contribution in [-0.2, 0) is 4.74 Å². The summed E-state index contributed by atoms with van der Waals surface area (Å²) in [4.78, 5) is 25.3. The minimum Gasteiger partial charge on any atom is -0.462 e. The van der Waals surface area contributed by atoms with Crippen LogP contribution >= 0.6 is 0 Å². The Morgan fingerprint density at radius 2 is 1.64 bits per heavy atom. The molecule has 0 aliphatic rings. The maximum absolute atomic E-state index is 14.3. The summed E-state index contributed by atoms with van der Waals surface area (Å²) in [5.41, 5.74) is -0.891. The third kappa shape index (κ3) is 2.69. The Morgan fingerprint density at radius 3 is 2.24 bits per heavy atom. The molecule has 0 saturated heterocycles. The van der Waals surface area contributed by atoms with Crippen molar-refractivity contribution < 1.29 is 18.3 Å². The molecule has 0 aliphatic heterocycles. The van der Waals surface area contributed by atoms with Gasteiger partial charge in [-0.3, -0.25) is 9.36 Å². The Morgan fingerprint density at radius 1 is 1.04 bits per heavy atom. The van der Waals surface area contributed by atoms with Gasteiger partial charge in [0.2, 0.25) is 0 Å². The number of nitrogens with zero attached hydrogens (tertiary/aromatic N) is 1. The summed E-state index contributed by atoms with van der Waals surface area (Å²) in [6, 6.07) is 9.75. The zero-order valence-electron chi connectivity index (χ0n) is 13.7. The zero-order valence-corrected chi connectivity index (χ0v) is 13.7. The van der Waals surface area contributed by atoms with Crippen molar-refractivity contribution in [2.75, 3.05) is 6.61 Å². The number of fused-ring (bicyclic) bond motifs is 1. The number of hydrogen-bond acceptors (Lipinski definition) is 3. The van der Waals surface area contributed by atoms with Crippen molar-refractivity contribution in [3.8, 4) is 5.69 Å². The van der Waals surface area contributed by atoms with Gasteiger partial charge in [0, 0.05) is 16.5 Å². The van der Waals surface area contributed by atoms with E-state index in [-0.39, 0.29) is 23.3 Å². The lowest BCUT2D eigenvalue weighted by atomic mass is 10.0. The van der Waals surface area contributed by atoms with E-state index in [4.69, 9.17) is 4.74 Å². The maximum atomic E-state index is 14.3. The topological polar surface area (TPSA) is 48.3 Å². The summed E-state index contributed by atoms with van der Waals surface area (Å²) in [6.45, 7) is 3.26. The fourth-order valence-corrected chi connectivity index (χ4v) is 2.90. The summed E-state index contributed by atoms with van der Waals surface area (Å²) in [6.07, 6.45) is 0. The highest BCUT2D eigenvalue weighted by atomic mass is 19.1. The molecule has 0 bridgehead atoms. The minimum atomic E-state index is -0.893. The number of esters is 1. The molecule has 1 heterocycles. The van der Waals surface area contributed by atoms with Crippen molar-refractivity contribution in [1.29, 1.82) is 0 Å². The fraction of sp³-hybridized carbons (Fsp3) is 0.158. The molecular weight excluding hydrogens is 328 g/mol. The van der Waals surface area contributed by atoms with Crippen LogP contribution in [0.5, 0.6) is 0 Å². The van der Waals surface area contributed by atoms with Crippen LogP contribution < -0.4 is 5.56 Å². The molecule has 0 N–H and O–H groups in total. The van der Waals surface area contributed by atoms with E-state index in [9.17, 15) is 18.4 Å². The van der Waals surface area contributed by atoms with Crippen LogP contribution in [0.1, 0.15) is 23.0 Å². The fourth-order valence-electron chi connectivity index (χ4n) is 2.90. The molecule has 128 valence electrons. The van der Waals surface area contributed by atoms with E-state index >= 15 is 0 Å². The van der Waals surface area contributed by atoms with Crippen LogP contribution in [0, 0.1) is 18.6 Å². The second-order valence-electron chi connectivity index (χ2n) is 5.44. The molecular formula is C19H15F2NO3. The number of pyridine rings is 1. The van der Waals surface area contributed by atoms with Crippen LogP contribution in [-0.4, -0.2) is 17.1 Å². The van der Waals surface area contributed by atoms with Crippen LogP contribution in [0.2, 0.25) is 0 Å². The molecule has 3 aromatic rings. The molecule has 2 aromatic carbocycles. The van der Waals surface area contributed by atoms with Gasteiger partial charge < -0.3 is 4.74 Å². The molecule has 6 heteroatoms. The maximum Gasteiger partial charge on any atom is 0.340 e. The predicted molar refractivity (Wildman–Crippen MR) is 90.2 cm³/mol. The first-order chi connectivity index (χ1) is 12.0. The first kappa shape index (κ1) is 16.8. The van der Waals surface area contributed by atoms with Crippen molar-refractivity contribution >= 4 is 16.7 Å². The van der Waals surface area contributed by atoms with Gasteiger partial charge in [-0.2, -0.15) is 0 Å². The lowest BCUT2D eigenvalue weighted by molar-refractivity contribution is 0.0527. The van der Waals surface area contributed by atoms with Gasteiger partial charge in [-0.05, 0) is 32.0 Å². The summed E-state index contributed by atoms with van der Waals surface area (Å²) in [7, 11) is 0. The van der Waals surface area contributed by atoms with Crippen molar-refractivity contribution in [3.05, 3.63) is 75.7 Å². The third-order valence-electron chi connectivity index (χ3n) is 3.97. The van der Waals surface area contributed by atoms with Gasteiger partial charge in [0.25, 0.3) is 5.56 Å². The third-order valence-corrected chi connectivity index (χ3v) is 3.97. The van der Waals surface area contributed by atoms with E-state index in [2.05, 4.69) is 0 Å². The average molecular weight is 343 g/mol. The largest absolute Gasteiger partial charge is 0.462 e. The predicted octanol–water partition coefficient (Wildman–Crippen LogP) is 3.75. The number of carbonyl (C=O) groups is 1. The molecule has 0 radical (unpaired) electrons. The number of ether oxygens (including phenoxy) is 1. The second-order valence-corrected chi connectivity index (χ2v) is 5.44. The number of rotatable bonds is 3. The van der Waals surface area contributed by atoms with E-state index in [0.29, 0.717) is 5.39 Å². The van der Waals surface area contributed by atoms with E-state index < -0.39 is 28.9 Å².